The van der Waals surface area contributed by atoms with Gasteiger partial charge in [-0.3, -0.25) is 0 Å². The van der Waals surface area contributed by atoms with Crippen LogP contribution in [-0.4, -0.2) is 12.2 Å². The van der Waals surface area contributed by atoms with Gasteiger partial charge in [0.05, 0.1) is 12.2 Å². The highest BCUT2D eigenvalue weighted by atomic mass is 16.5. The fourth-order valence-corrected chi connectivity index (χ4v) is 2.24. The molecule has 1 nitrogen and oxygen atoms in total. The van der Waals surface area contributed by atoms with Crippen LogP contribution in [0.4, 0.5) is 0 Å². The van der Waals surface area contributed by atoms with Crippen molar-refractivity contribution in [2.24, 2.45) is 0 Å². The van der Waals surface area contributed by atoms with Gasteiger partial charge in [0.1, 0.15) is 0 Å². The van der Waals surface area contributed by atoms with E-state index in [4.69, 9.17) is 4.74 Å². The van der Waals surface area contributed by atoms with Crippen molar-refractivity contribution in [2.75, 3.05) is 6.61 Å². The summed E-state index contributed by atoms with van der Waals surface area (Å²) in [6.07, 6.45) is 8.72. The van der Waals surface area contributed by atoms with Gasteiger partial charge in [-0.05, 0) is 26.2 Å². The predicted octanol–water partition coefficient (Wildman–Crippen LogP) is 2.67. The smallest absolute Gasteiger partial charge is 0.0865 e. The van der Waals surface area contributed by atoms with Crippen LogP contribution in [0.5, 0.6) is 0 Å². The molecular formula is C10H16O. The molecule has 0 unspecified atom stereocenters. The number of rotatable bonds is 0. The number of hydrogen-bond donors (Lipinski definition) is 0. The third-order valence-electron chi connectivity index (χ3n) is 2.85. The van der Waals surface area contributed by atoms with Gasteiger partial charge in [0, 0.05) is 0 Å². The molecule has 0 N–H and O–H groups in total. The second-order valence-electron chi connectivity index (χ2n) is 3.86. The van der Waals surface area contributed by atoms with E-state index >= 15 is 0 Å². The molecule has 0 aromatic heterocycles. The van der Waals surface area contributed by atoms with E-state index < -0.39 is 0 Å². The van der Waals surface area contributed by atoms with Gasteiger partial charge < -0.3 is 4.74 Å². The molecule has 1 heteroatoms. The summed E-state index contributed by atoms with van der Waals surface area (Å²) >= 11 is 0. The summed E-state index contributed by atoms with van der Waals surface area (Å²) in [5.74, 6) is 0. The van der Waals surface area contributed by atoms with Gasteiger partial charge in [-0.25, -0.2) is 0 Å². The second kappa shape index (κ2) is 2.63. The zero-order valence-corrected chi connectivity index (χ0v) is 7.23. The molecule has 0 radical (unpaired) electrons. The van der Waals surface area contributed by atoms with E-state index in [9.17, 15) is 0 Å². The summed E-state index contributed by atoms with van der Waals surface area (Å²) in [7, 11) is 0. The van der Waals surface area contributed by atoms with Gasteiger partial charge >= 0.3 is 0 Å². The van der Waals surface area contributed by atoms with Crippen LogP contribution in [0.25, 0.3) is 0 Å². The lowest BCUT2D eigenvalue weighted by atomic mass is 9.95. The van der Waals surface area contributed by atoms with Gasteiger partial charge in [-0.2, -0.15) is 0 Å². The van der Waals surface area contributed by atoms with Crippen LogP contribution in [0.15, 0.2) is 11.6 Å². The third-order valence-corrected chi connectivity index (χ3v) is 2.85. The van der Waals surface area contributed by atoms with Crippen LogP contribution in [-0.2, 0) is 4.74 Å². The molecule has 62 valence electrons. The molecule has 0 aromatic carbocycles. The third kappa shape index (κ3) is 1.34. The summed E-state index contributed by atoms with van der Waals surface area (Å²) in [5, 5.41) is 0. The van der Waals surface area contributed by atoms with Gasteiger partial charge in [-0.15, -0.1) is 0 Å². The molecule has 0 saturated heterocycles. The van der Waals surface area contributed by atoms with Crippen molar-refractivity contribution in [3.63, 3.8) is 0 Å². The zero-order valence-electron chi connectivity index (χ0n) is 7.23. The standard InChI is InChI=1S/C10H16O/c1-9-4-7-11-10(8-9)5-2-3-6-10/h8H,2-7H2,1H3. The van der Waals surface area contributed by atoms with E-state index in [2.05, 4.69) is 13.0 Å². The van der Waals surface area contributed by atoms with Crippen LogP contribution in [0.3, 0.4) is 0 Å². The lowest BCUT2D eigenvalue weighted by Gasteiger charge is -2.30. The Morgan fingerprint density at radius 2 is 2.09 bits per heavy atom. The Morgan fingerprint density at radius 3 is 2.73 bits per heavy atom. The first-order chi connectivity index (χ1) is 5.31. The van der Waals surface area contributed by atoms with E-state index in [0.717, 1.165) is 13.0 Å². The van der Waals surface area contributed by atoms with Crippen molar-refractivity contribution in [3.8, 4) is 0 Å². The summed E-state index contributed by atoms with van der Waals surface area (Å²) in [4.78, 5) is 0. The molecular weight excluding hydrogens is 136 g/mol. The summed E-state index contributed by atoms with van der Waals surface area (Å²) in [5.41, 5.74) is 1.71. The van der Waals surface area contributed by atoms with Crippen molar-refractivity contribution in [2.45, 2.75) is 44.6 Å². The normalized spacial score (nSPS) is 29.0. The van der Waals surface area contributed by atoms with Gasteiger partial charge in [0.25, 0.3) is 0 Å². The van der Waals surface area contributed by atoms with Crippen molar-refractivity contribution >= 4 is 0 Å². The number of hydrogen-bond acceptors (Lipinski definition) is 1. The summed E-state index contributed by atoms with van der Waals surface area (Å²) in [6, 6.07) is 0. The van der Waals surface area contributed by atoms with E-state index in [-0.39, 0.29) is 5.60 Å². The molecule has 0 atom stereocenters. The van der Waals surface area contributed by atoms with Gasteiger partial charge in [0.15, 0.2) is 0 Å². The molecule has 2 rings (SSSR count). The lowest BCUT2D eigenvalue weighted by molar-refractivity contribution is -0.0111. The van der Waals surface area contributed by atoms with Crippen LogP contribution < -0.4 is 0 Å². The maximum atomic E-state index is 5.82. The van der Waals surface area contributed by atoms with E-state index in [0.29, 0.717) is 0 Å². The molecule has 1 saturated carbocycles. The topological polar surface area (TPSA) is 9.23 Å². The Kier molecular flexibility index (Phi) is 1.76. The van der Waals surface area contributed by atoms with E-state index in [1.165, 1.54) is 31.3 Å². The minimum atomic E-state index is 0.183. The average Bonchev–Trinajstić information content (AvgIpc) is 2.37. The van der Waals surface area contributed by atoms with Crippen LogP contribution in [0.2, 0.25) is 0 Å². The maximum absolute atomic E-state index is 5.82. The minimum Gasteiger partial charge on any atom is -0.371 e. The van der Waals surface area contributed by atoms with Crippen molar-refractivity contribution in [1.29, 1.82) is 0 Å². The predicted molar refractivity (Wildman–Crippen MR) is 45.5 cm³/mol. The monoisotopic (exact) mass is 152 g/mol. The van der Waals surface area contributed by atoms with E-state index in [1.807, 2.05) is 0 Å². The molecule has 1 fully saturated rings. The first-order valence-corrected chi connectivity index (χ1v) is 4.63. The highest BCUT2D eigenvalue weighted by Crippen LogP contribution is 2.37. The SMILES string of the molecule is CC1=CC2(CCCC2)OCC1. The lowest BCUT2D eigenvalue weighted by Crippen LogP contribution is -2.30. The Labute approximate surface area is 68.4 Å². The molecule has 1 spiro atoms. The molecule has 2 aliphatic rings. The van der Waals surface area contributed by atoms with E-state index in [1.54, 1.807) is 0 Å². The highest BCUT2D eigenvalue weighted by Gasteiger charge is 2.34. The first kappa shape index (κ1) is 7.35. The minimum absolute atomic E-state index is 0.183. The second-order valence-corrected chi connectivity index (χ2v) is 3.86. The largest absolute Gasteiger partial charge is 0.371 e. The van der Waals surface area contributed by atoms with Crippen molar-refractivity contribution in [1.82, 2.24) is 0 Å². The van der Waals surface area contributed by atoms with Crippen molar-refractivity contribution < 1.29 is 4.74 Å². The Morgan fingerprint density at radius 1 is 1.36 bits per heavy atom. The maximum Gasteiger partial charge on any atom is 0.0865 e. The Hall–Kier alpha value is -0.300. The number of ether oxygens (including phenoxy) is 1. The fraction of sp³-hybridized carbons (Fsp3) is 0.800. The van der Waals surface area contributed by atoms with Gasteiger partial charge in [-0.1, -0.05) is 24.5 Å². The average molecular weight is 152 g/mol. The van der Waals surface area contributed by atoms with Gasteiger partial charge in [0.2, 0.25) is 0 Å². The first-order valence-electron chi connectivity index (χ1n) is 4.63. The molecule has 1 aliphatic carbocycles. The Balaban J connectivity index is 2.17. The molecule has 1 aliphatic heterocycles. The molecule has 1 heterocycles. The quantitative estimate of drug-likeness (QED) is 0.485. The summed E-state index contributed by atoms with van der Waals surface area (Å²) < 4.78 is 5.82. The van der Waals surface area contributed by atoms with Crippen LogP contribution in [0, 0.1) is 0 Å². The Bertz CT molecular complexity index is 175. The molecule has 0 aromatic rings. The molecule has 0 amide bonds. The fourth-order valence-electron chi connectivity index (χ4n) is 2.24. The highest BCUT2D eigenvalue weighted by molar-refractivity contribution is 5.14. The zero-order chi connectivity index (χ0) is 7.73. The summed E-state index contributed by atoms with van der Waals surface area (Å²) in [6.45, 7) is 3.17. The molecule has 0 bridgehead atoms. The van der Waals surface area contributed by atoms with Crippen LogP contribution >= 0.6 is 0 Å². The van der Waals surface area contributed by atoms with Crippen LogP contribution in [0.1, 0.15) is 39.0 Å². The van der Waals surface area contributed by atoms with Crippen molar-refractivity contribution in [3.05, 3.63) is 11.6 Å². The molecule has 11 heavy (non-hydrogen) atoms.